The van der Waals surface area contributed by atoms with E-state index in [2.05, 4.69) is 0 Å². The minimum atomic E-state index is -1.01. The Bertz CT molecular complexity index is 864. The van der Waals surface area contributed by atoms with Gasteiger partial charge >= 0.3 is 0 Å². The van der Waals surface area contributed by atoms with Gasteiger partial charge in [0.1, 0.15) is 23.2 Å². The largest absolute Gasteiger partial charge is 0.508 e. The van der Waals surface area contributed by atoms with E-state index >= 15 is 0 Å². The van der Waals surface area contributed by atoms with Crippen LogP contribution in [0.4, 0.5) is 0 Å². The number of pyridine rings is 1. The topological polar surface area (TPSA) is 95.5 Å². The molecule has 0 fully saturated rings. The van der Waals surface area contributed by atoms with Crippen molar-refractivity contribution in [2.75, 3.05) is 0 Å². The lowest BCUT2D eigenvalue weighted by atomic mass is 9.85. The first-order valence-corrected chi connectivity index (χ1v) is 7.16. The summed E-state index contributed by atoms with van der Waals surface area (Å²) in [5.41, 5.74) is -0.386. The average molecular weight is 312 g/mol. The van der Waals surface area contributed by atoms with E-state index < -0.39 is 23.3 Å². The number of ether oxygens (including phenoxy) is 1. The molecule has 23 heavy (non-hydrogen) atoms. The third kappa shape index (κ3) is 2.45. The number of hydrogen-bond acceptors (Lipinski definition) is 5. The third-order valence-corrected chi connectivity index (χ3v) is 4.07. The van der Waals surface area contributed by atoms with Gasteiger partial charge < -0.3 is 19.5 Å². The molecule has 118 valence electrons. The van der Waals surface area contributed by atoms with Gasteiger partial charge in [-0.2, -0.15) is 5.26 Å². The summed E-state index contributed by atoms with van der Waals surface area (Å²) < 4.78 is 7.16. The Labute approximate surface area is 132 Å². The van der Waals surface area contributed by atoms with Crippen LogP contribution in [0.15, 0.2) is 41.3 Å². The molecule has 2 aromatic rings. The molecule has 0 unspecified atom stereocenters. The first-order valence-electron chi connectivity index (χ1n) is 7.16. The van der Waals surface area contributed by atoms with Gasteiger partial charge in [-0.3, -0.25) is 4.79 Å². The minimum Gasteiger partial charge on any atom is -0.508 e. The van der Waals surface area contributed by atoms with Crippen molar-refractivity contribution in [2.45, 2.75) is 31.6 Å². The summed E-state index contributed by atoms with van der Waals surface area (Å²) in [6.07, 6.45) is 0.418. The highest BCUT2D eigenvalue weighted by Crippen LogP contribution is 2.41. The van der Waals surface area contributed by atoms with Crippen molar-refractivity contribution in [3.63, 3.8) is 0 Å². The number of nitrogens with zero attached hydrogens (tertiary/aromatic N) is 2. The quantitative estimate of drug-likeness (QED) is 0.833. The summed E-state index contributed by atoms with van der Waals surface area (Å²) in [7, 11) is 0. The van der Waals surface area contributed by atoms with Gasteiger partial charge in [0.15, 0.2) is 0 Å². The van der Waals surface area contributed by atoms with Crippen molar-refractivity contribution in [1.29, 1.82) is 5.26 Å². The molecule has 0 saturated carbocycles. The van der Waals surface area contributed by atoms with E-state index in [-0.39, 0.29) is 5.75 Å². The fraction of sp³-hybridized carbons (Fsp3) is 0.294. The van der Waals surface area contributed by atoms with Gasteiger partial charge in [0, 0.05) is 17.8 Å². The van der Waals surface area contributed by atoms with E-state index in [4.69, 9.17) is 10.00 Å². The molecule has 3 rings (SSSR count). The molecule has 0 saturated heterocycles. The Balaban J connectivity index is 2.26. The van der Waals surface area contributed by atoms with Crippen LogP contribution >= 0.6 is 0 Å². The normalized spacial score (nSPS) is 21.8. The van der Waals surface area contributed by atoms with Gasteiger partial charge in [-0.25, -0.2) is 0 Å². The molecule has 1 aliphatic rings. The molecule has 2 heterocycles. The van der Waals surface area contributed by atoms with E-state index in [1.54, 1.807) is 32.0 Å². The smallest absolute Gasteiger partial charge is 0.254 e. The van der Waals surface area contributed by atoms with Gasteiger partial charge in [0.05, 0.1) is 17.7 Å². The van der Waals surface area contributed by atoms with Gasteiger partial charge in [-0.05, 0) is 38.1 Å². The zero-order chi connectivity index (χ0) is 16.8. The molecule has 1 aromatic carbocycles. The van der Waals surface area contributed by atoms with Crippen molar-refractivity contribution in [3.05, 3.63) is 58.0 Å². The van der Waals surface area contributed by atoms with Gasteiger partial charge in [-0.15, -0.1) is 0 Å². The molecule has 1 aromatic heterocycles. The maximum atomic E-state index is 12.2. The van der Waals surface area contributed by atoms with E-state index in [0.29, 0.717) is 16.9 Å². The number of aromatic hydroxyl groups is 1. The van der Waals surface area contributed by atoms with Crippen LogP contribution in [0, 0.1) is 11.3 Å². The van der Waals surface area contributed by atoms with E-state index in [1.807, 2.05) is 6.07 Å². The molecular formula is C17H16N2O4. The molecule has 0 aliphatic carbocycles. The van der Waals surface area contributed by atoms with Crippen LogP contribution in [0.2, 0.25) is 0 Å². The highest BCUT2D eigenvalue weighted by Gasteiger charge is 2.44. The molecule has 1 aliphatic heterocycles. The lowest BCUT2D eigenvalue weighted by molar-refractivity contribution is -0.0643. The molecule has 0 spiro atoms. The predicted octanol–water partition coefficient (Wildman–Crippen LogP) is 1.55. The van der Waals surface area contributed by atoms with Crippen LogP contribution in [0.25, 0.3) is 0 Å². The highest BCUT2D eigenvalue weighted by molar-refractivity contribution is 5.46. The van der Waals surface area contributed by atoms with Crippen LogP contribution in [-0.4, -0.2) is 26.5 Å². The second kappa shape index (κ2) is 5.14. The maximum absolute atomic E-state index is 12.2. The number of aliphatic hydroxyl groups excluding tert-OH is 1. The first-order chi connectivity index (χ1) is 10.8. The lowest BCUT2D eigenvalue weighted by Gasteiger charge is -2.42. The van der Waals surface area contributed by atoms with Crippen LogP contribution in [-0.2, 0) is 0 Å². The van der Waals surface area contributed by atoms with E-state index in [9.17, 15) is 15.0 Å². The zero-order valence-corrected chi connectivity index (χ0v) is 12.7. The van der Waals surface area contributed by atoms with Crippen molar-refractivity contribution < 1.29 is 14.9 Å². The Kier molecular flexibility index (Phi) is 3.38. The summed E-state index contributed by atoms with van der Waals surface area (Å²) in [5, 5.41) is 29.3. The first kappa shape index (κ1) is 15.1. The number of aliphatic hydroxyl groups is 1. The molecular weight excluding hydrogens is 296 g/mol. The lowest BCUT2D eigenvalue weighted by Crippen LogP contribution is -2.52. The number of hydrogen-bond donors (Lipinski definition) is 2. The Morgan fingerprint density at radius 3 is 2.70 bits per heavy atom. The highest BCUT2D eigenvalue weighted by atomic mass is 16.5. The second-order valence-electron chi connectivity index (χ2n) is 6.09. The average Bonchev–Trinajstić information content (AvgIpc) is 2.49. The summed E-state index contributed by atoms with van der Waals surface area (Å²) in [5.74, 6) is 0.377. The van der Waals surface area contributed by atoms with Gasteiger partial charge in [0.25, 0.3) is 5.56 Å². The monoisotopic (exact) mass is 312 g/mol. The number of rotatable bonds is 1. The standard InChI is InChI=1S/C17H16N2O4/c1-17(2)16(22)15(19-6-5-11(20)8-14(19)21)12-7-10(9-18)3-4-13(12)23-17/h3-8,15-16,20,22H,1-2H3/t15-,16+/m1/s1. The van der Waals surface area contributed by atoms with E-state index in [0.717, 1.165) is 6.07 Å². The fourth-order valence-electron chi connectivity index (χ4n) is 2.85. The second-order valence-corrected chi connectivity index (χ2v) is 6.09. The van der Waals surface area contributed by atoms with Gasteiger partial charge in [-0.1, -0.05) is 0 Å². The minimum absolute atomic E-state index is 0.141. The number of benzene rings is 1. The van der Waals surface area contributed by atoms with Crippen molar-refractivity contribution in [3.8, 4) is 17.6 Å². The van der Waals surface area contributed by atoms with Crippen LogP contribution in [0.5, 0.6) is 11.5 Å². The molecule has 0 bridgehead atoms. The maximum Gasteiger partial charge on any atom is 0.254 e. The van der Waals surface area contributed by atoms with Crippen molar-refractivity contribution in [2.24, 2.45) is 0 Å². The zero-order valence-electron chi connectivity index (χ0n) is 12.7. The van der Waals surface area contributed by atoms with Crippen molar-refractivity contribution >= 4 is 0 Å². The third-order valence-electron chi connectivity index (χ3n) is 4.07. The molecule has 2 atom stereocenters. The predicted molar refractivity (Wildman–Crippen MR) is 82.4 cm³/mol. The molecule has 0 amide bonds. The van der Waals surface area contributed by atoms with Crippen molar-refractivity contribution in [1.82, 2.24) is 4.57 Å². The molecule has 6 nitrogen and oxygen atoms in total. The molecule has 2 N–H and O–H groups in total. The molecule has 6 heteroatoms. The summed E-state index contributed by atoms with van der Waals surface area (Å²) in [6, 6.07) is 8.70. The summed E-state index contributed by atoms with van der Waals surface area (Å²) in [6.45, 7) is 3.47. The van der Waals surface area contributed by atoms with E-state index in [1.165, 1.54) is 16.8 Å². The SMILES string of the molecule is CC1(C)Oc2ccc(C#N)cc2[C@@H](n2ccc(O)cc2=O)[C@@H]1O. The van der Waals surface area contributed by atoms with Gasteiger partial charge in [0.2, 0.25) is 0 Å². The molecule has 0 radical (unpaired) electrons. The number of fused-ring (bicyclic) bond motifs is 1. The number of nitriles is 1. The Morgan fingerprint density at radius 2 is 2.04 bits per heavy atom. The Hall–Kier alpha value is -2.78. The number of aromatic nitrogens is 1. The fourth-order valence-corrected chi connectivity index (χ4v) is 2.85. The van der Waals surface area contributed by atoms with Crippen LogP contribution in [0.3, 0.4) is 0 Å². The summed E-state index contributed by atoms with van der Waals surface area (Å²) in [4.78, 5) is 12.2. The van der Waals surface area contributed by atoms with Crippen LogP contribution < -0.4 is 10.3 Å². The van der Waals surface area contributed by atoms with Crippen LogP contribution in [0.1, 0.15) is 31.0 Å². The Morgan fingerprint density at radius 1 is 1.30 bits per heavy atom. The summed E-state index contributed by atoms with van der Waals surface area (Å²) >= 11 is 0.